The van der Waals surface area contributed by atoms with Crippen LogP contribution in [-0.2, 0) is 6.54 Å². The van der Waals surface area contributed by atoms with Crippen molar-refractivity contribution in [2.24, 2.45) is 5.92 Å². The molecule has 1 aliphatic rings. The zero-order valence-corrected chi connectivity index (χ0v) is 11.0. The Kier molecular flexibility index (Phi) is 4.57. The van der Waals surface area contributed by atoms with Crippen molar-refractivity contribution in [2.45, 2.75) is 32.9 Å². The van der Waals surface area contributed by atoms with Crippen molar-refractivity contribution in [1.82, 2.24) is 10.2 Å². The largest absolute Gasteiger partial charge is 0.311 e. The van der Waals surface area contributed by atoms with Crippen LogP contribution in [0, 0.1) is 5.92 Å². The van der Waals surface area contributed by atoms with E-state index in [-0.39, 0.29) is 0 Å². The van der Waals surface area contributed by atoms with E-state index < -0.39 is 0 Å². The van der Waals surface area contributed by atoms with E-state index >= 15 is 0 Å². The van der Waals surface area contributed by atoms with Crippen LogP contribution in [0.5, 0.6) is 0 Å². The van der Waals surface area contributed by atoms with Gasteiger partial charge in [-0.1, -0.05) is 44.2 Å². The van der Waals surface area contributed by atoms with Gasteiger partial charge in [0.1, 0.15) is 0 Å². The summed E-state index contributed by atoms with van der Waals surface area (Å²) in [6, 6.07) is 11.5. The van der Waals surface area contributed by atoms with Crippen LogP contribution in [-0.4, -0.2) is 30.6 Å². The molecular weight excluding hydrogens is 208 g/mol. The number of rotatable bonds is 4. The standard InChI is InChI=1S/C15H24N2/c1-13(2)10-15-12-17(9-8-16-15)11-14-6-4-3-5-7-14/h3-7,13,15-16H,8-12H2,1-2H3/t15-/m1/s1. The van der Waals surface area contributed by atoms with E-state index in [2.05, 4.69) is 54.4 Å². The van der Waals surface area contributed by atoms with E-state index in [1.165, 1.54) is 25.1 Å². The quantitative estimate of drug-likeness (QED) is 0.858. The molecule has 0 saturated carbocycles. The van der Waals surface area contributed by atoms with Crippen LogP contribution >= 0.6 is 0 Å². The SMILES string of the molecule is CC(C)C[C@@H]1CN(Cc2ccccc2)CCN1. The maximum absolute atomic E-state index is 3.62. The molecule has 0 spiro atoms. The molecule has 0 radical (unpaired) electrons. The summed E-state index contributed by atoms with van der Waals surface area (Å²) in [5.74, 6) is 0.782. The lowest BCUT2D eigenvalue weighted by Gasteiger charge is -2.34. The molecule has 1 atom stereocenters. The van der Waals surface area contributed by atoms with E-state index in [1.807, 2.05) is 0 Å². The van der Waals surface area contributed by atoms with Crippen molar-refractivity contribution in [2.75, 3.05) is 19.6 Å². The van der Waals surface area contributed by atoms with Gasteiger partial charge in [0.05, 0.1) is 0 Å². The molecule has 1 N–H and O–H groups in total. The van der Waals surface area contributed by atoms with Gasteiger partial charge in [0.15, 0.2) is 0 Å². The number of hydrogen-bond donors (Lipinski definition) is 1. The Morgan fingerprint density at radius 3 is 2.76 bits per heavy atom. The van der Waals surface area contributed by atoms with Crippen LogP contribution in [0.1, 0.15) is 25.8 Å². The summed E-state index contributed by atoms with van der Waals surface area (Å²) in [5.41, 5.74) is 1.43. The molecule has 1 saturated heterocycles. The molecule has 0 bridgehead atoms. The first kappa shape index (κ1) is 12.6. The Bertz CT molecular complexity index is 321. The minimum Gasteiger partial charge on any atom is -0.311 e. The average molecular weight is 232 g/mol. The minimum absolute atomic E-state index is 0.674. The normalized spacial score (nSPS) is 21.9. The van der Waals surface area contributed by atoms with E-state index in [0.717, 1.165) is 19.0 Å². The second-order valence-electron chi connectivity index (χ2n) is 5.50. The highest BCUT2D eigenvalue weighted by molar-refractivity contribution is 5.14. The lowest BCUT2D eigenvalue weighted by Crippen LogP contribution is -2.50. The Morgan fingerprint density at radius 1 is 1.29 bits per heavy atom. The summed E-state index contributed by atoms with van der Waals surface area (Å²) < 4.78 is 0. The summed E-state index contributed by atoms with van der Waals surface area (Å²) in [6.07, 6.45) is 1.28. The number of nitrogens with one attached hydrogen (secondary N) is 1. The number of benzene rings is 1. The van der Waals surface area contributed by atoms with E-state index in [4.69, 9.17) is 0 Å². The molecule has 0 amide bonds. The summed E-state index contributed by atoms with van der Waals surface area (Å²) >= 11 is 0. The molecule has 1 fully saturated rings. The molecule has 2 heteroatoms. The fourth-order valence-electron chi connectivity index (χ4n) is 2.61. The third kappa shape index (κ3) is 4.14. The minimum atomic E-state index is 0.674. The lowest BCUT2D eigenvalue weighted by atomic mass is 10.0. The highest BCUT2D eigenvalue weighted by atomic mass is 15.2. The molecule has 1 aliphatic heterocycles. The predicted octanol–water partition coefficient (Wildman–Crippen LogP) is 2.51. The van der Waals surface area contributed by atoms with Gasteiger partial charge in [0, 0.05) is 32.2 Å². The first-order chi connectivity index (χ1) is 8.24. The third-order valence-electron chi connectivity index (χ3n) is 3.34. The summed E-state index contributed by atoms with van der Waals surface area (Å²) in [4.78, 5) is 2.57. The fourth-order valence-corrected chi connectivity index (χ4v) is 2.61. The fraction of sp³-hybridized carbons (Fsp3) is 0.600. The van der Waals surface area contributed by atoms with Gasteiger partial charge in [-0.15, -0.1) is 0 Å². The van der Waals surface area contributed by atoms with E-state index in [0.29, 0.717) is 6.04 Å². The van der Waals surface area contributed by atoms with Gasteiger partial charge in [0.2, 0.25) is 0 Å². The summed E-state index contributed by atoms with van der Waals surface area (Å²) in [7, 11) is 0. The van der Waals surface area contributed by atoms with Gasteiger partial charge in [-0.25, -0.2) is 0 Å². The molecule has 1 heterocycles. The zero-order chi connectivity index (χ0) is 12.1. The van der Waals surface area contributed by atoms with Gasteiger partial charge in [-0.3, -0.25) is 4.90 Å². The summed E-state index contributed by atoms with van der Waals surface area (Å²) in [6.45, 7) is 9.19. The van der Waals surface area contributed by atoms with Crippen molar-refractivity contribution in [3.63, 3.8) is 0 Å². The smallest absolute Gasteiger partial charge is 0.0234 e. The topological polar surface area (TPSA) is 15.3 Å². The predicted molar refractivity (Wildman–Crippen MR) is 73.0 cm³/mol. The molecule has 2 rings (SSSR count). The highest BCUT2D eigenvalue weighted by Gasteiger charge is 2.19. The van der Waals surface area contributed by atoms with Crippen LogP contribution in [0.2, 0.25) is 0 Å². The zero-order valence-electron chi connectivity index (χ0n) is 11.0. The van der Waals surface area contributed by atoms with E-state index in [9.17, 15) is 0 Å². The van der Waals surface area contributed by atoms with Crippen molar-refractivity contribution in [1.29, 1.82) is 0 Å². The Labute approximate surface area is 105 Å². The van der Waals surface area contributed by atoms with Crippen molar-refractivity contribution < 1.29 is 0 Å². The lowest BCUT2D eigenvalue weighted by molar-refractivity contribution is 0.179. The highest BCUT2D eigenvalue weighted by Crippen LogP contribution is 2.12. The van der Waals surface area contributed by atoms with Crippen LogP contribution in [0.3, 0.4) is 0 Å². The van der Waals surface area contributed by atoms with Crippen LogP contribution in [0.25, 0.3) is 0 Å². The van der Waals surface area contributed by atoms with Crippen molar-refractivity contribution >= 4 is 0 Å². The first-order valence-corrected chi connectivity index (χ1v) is 6.73. The molecule has 2 nitrogen and oxygen atoms in total. The maximum Gasteiger partial charge on any atom is 0.0234 e. The van der Waals surface area contributed by atoms with E-state index in [1.54, 1.807) is 0 Å². The molecule has 1 aromatic carbocycles. The van der Waals surface area contributed by atoms with Gasteiger partial charge >= 0.3 is 0 Å². The average Bonchev–Trinajstić information content (AvgIpc) is 2.30. The van der Waals surface area contributed by atoms with Gasteiger partial charge in [-0.05, 0) is 17.9 Å². The van der Waals surface area contributed by atoms with Crippen LogP contribution in [0.15, 0.2) is 30.3 Å². The molecule has 0 aromatic heterocycles. The second-order valence-corrected chi connectivity index (χ2v) is 5.50. The molecule has 1 aromatic rings. The molecule has 17 heavy (non-hydrogen) atoms. The number of piperazine rings is 1. The van der Waals surface area contributed by atoms with Crippen LogP contribution < -0.4 is 5.32 Å². The molecule has 0 aliphatic carbocycles. The maximum atomic E-state index is 3.62. The molecule has 0 unspecified atom stereocenters. The Morgan fingerprint density at radius 2 is 2.06 bits per heavy atom. The first-order valence-electron chi connectivity index (χ1n) is 6.73. The Hall–Kier alpha value is -0.860. The number of nitrogens with zero attached hydrogens (tertiary/aromatic N) is 1. The number of hydrogen-bond acceptors (Lipinski definition) is 2. The van der Waals surface area contributed by atoms with Gasteiger partial charge in [0.25, 0.3) is 0 Å². The van der Waals surface area contributed by atoms with Crippen molar-refractivity contribution in [3.05, 3.63) is 35.9 Å². The molecular formula is C15H24N2. The summed E-state index contributed by atoms with van der Waals surface area (Å²) in [5, 5.41) is 3.62. The second kappa shape index (κ2) is 6.18. The van der Waals surface area contributed by atoms with Crippen molar-refractivity contribution in [3.8, 4) is 0 Å². The Balaban J connectivity index is 1.85. The van der Waals surface area contributed by atoms with Crippen LogP contribution in [0.4, 0.5) is 0 Å². The monoisotopic (exact) mass is 232 g/mol. The van der Waals surface area contributed by atoms with Gasteiger partial charge < -0.3 is 5.32 Å². The van der Waals surface area contributed by atoms with Gasteiger partial charge in [-0.2, -0.15) is 0 Å². The third-order valence-corrected chi connectivity index (χ3v) is 3.34. The molecule has 94 valence electrons.